The molecule has 1 aliphatic rings. The SMILES string of the molecule is CCN1CCCN(CC(O)COc2ccc3ccccc3c2-c2cccnc2)CC1. The zero-order valence-electron chi connectivity index (χ0n) is 17.7. The molecule has 1 aliphatic heterocycles. The third-order valence-corrected chi connectivity index (χ3v) is 5.87. The van der Waals surface area contributed by atoms with Gasteiger partial charge in [-0.05, 0) is 49.0 Å². The number of likely N-dealkylation sites (N-methyl/N-ethyl adjacent to an activating group) is 1. The Bertz CT molecular complexity index is 948. The number of aliphatic hydroxyl groups is 1. The van der Waals surface area contributed by atoms with Gasteiger partial charge in [0.25, 0.3) is 0 Å². The van der Waals surface area contributed by atoms with Gasteiger partial charge in [0.15, 0.2) is 0 Å². The Morgan fingerprint density at radius 2 is 1.83 bits per heavy atom. The molecule has 1 fully saturated rings. The number of hydrogen-bond donors (Lipinski definition) is 1. The molecule has 0 spiro atoms. The van der Waals surface area contributed by atoms with Crippen molar-refractivity contribution in [1.82, 2.24) is 14.8 Å². The van der Waals surface area contributed by atoms with E-state index in [1.807, 2.05) is 30.5 Å². The summed E-state index contributed by atoms with van der Waals surface area (Å²) in [5, 5.41) is 13.0. The second-order valence-electron chi connectivity index (χ2n) is 7.95. The second kappa shape index (κ2) is 10.0. The lowest BCUT2D eigenvalue weighted by atomic mass is 9.98. The Balaban J connectivity index is 1.47. The summed E-state index contributed by atoms with van der Waals surface area (Å²) in [7, 11) is 0. The zero-order chi connectivity index (χ0) is 20.8. The predicted octanol–water partition coefficient (Wildman–Crippen LogP) is 3.67. The maximum atomic E-state index is 10.7. The zero-order valence-corrected chi connectivity index (χ0v) is 17.7. The van der Waals surface area contributed by atoms with Gasteiger partial charge in [-0.25, -0.2) is 0 Å². The van der Waals surface area contributed by atoms with Crippen LogP contribution in [0.15, 0.2) is 60.9 Å². The summed E-state index contributed by atoms with van der Waals surface area (Å²) in [6.45, 7) is 8.48. The molecule has 1 N–H and O–H groups in total. The predicted molar refractivity (Wildman–Crippen MR) is 122 cm³/mol. The van der Waals surface area contributed by atoms with E-state index in [0.717, 1.165) is 66.8 Å². The molecule has 2 heterocycles. The molecule has 5 heteroatoms. The highest BCUT2D eigenvalue weighted by atomic mass is 16.5. The molecule has 1 aromatic heterocycles. The van der Waals surface area contributed by atoms with Gasteiger partial charge in [-0.2, -0.15) is 0 Å². The third-order valence-electron chi connectivity index (χ3n) is 5.87. The number of nitrogens with zero attached hydrogens (tertiary/aromatic N) is 3. The number of pyridine rings is 1. The highest BCUT2D eigenvalue weighted by Crippen LogP contribution is 2.36. The lowest BCUT2D eigenvalue weighted by Gasteiger charge is -2.24. The highest BCUT2D eigenvalue weighted by molar-refractivity contribution is 5.99. The minimum absolute atomic E-state index is 0.277. The molecule has 0 saturated carbocycles. The molecule has 1 unspecified atom stereocenters. The monoisotopic (exact) mass is 405 g/mol. The average Bonchev–Trinajstić information content (AvgIpc) is 3.02. The summed E-state index contributed by atoms with van der Waals surface area (Å²) < 4.78 is 6.16. The van der Waals surface area contributed by atoms with Gasteiger partial charge in [0.1, 0.15) is 18.5 Å². The molecule has 1 atom stereocenters. The molecular formula is C25H31N3O2. The van der Waals surface area contributed by atoms with Crippen molar-refractivity contribution in [2.24, 2.45) is 0 Å². The van der Waals surface area contributed by atoms with E-state index in [1.165, 1.54) is 0 Å². The van der Waals surface area contributed by atoms with Gasteiger partial charge in [-0.15, -0.1) is 0 Å². The second-order valence-corrected chi connectivity index (χ2v) is 7.95. The molecule has 158 valence electrons. The number of fused-ring (bicyclic) bond motifs is 1. The summed E-state index contributed by atoms with van der Waals surface area (Å²) in [6.07, 6.45) is 4.27. The van der Waals surface area contributed by atoms with Crippen LogP contribution in [0.4, 0.5) is 0 Å². The van der Waals surface area contributed by atoms with Crippen LogP contribution in [0, 0.1) is 0 Å². The number of rotatable bonds is 7. The first-order valence-electron chi connectivity index (χ1n) is 10.9. The first kappa shape index (κ1) is 20.8. The van der Waals surface area contributed by atoms with Gasteiger partial charge >= 0.3 is 0 Å². The molecular weight excluding hydrogens is 374 g/mol. The van der Waals surface area contributed by atoms with Crippen molar-refractivity contribution in [2.75, 3.05) is 45.9 Å². The smallest absolute Gasteiger partial charge is 0.127 e. The number of aromatic nitrogens is 1. The quantitative estimate of drug-likeness (QED) is 0.650. The summed E-state index contributed by atoms with van der Waals surface area (Å²) in [6, 6.07) is 16.4. The van der Waals surface area contributed by atoms with Gasteiger partial charge in [-0.1, -0.05) is 43.3 Å². The maximum absolute atomic E-state index is 10.7. The molecule has 0 bridgehead atoms. The number of ether oxygens (including phenoxy) is 1. The molecule has 0 aliphatic carbocycles. The van der Waals surface area contributed by atoms with Crippen LogP contribution in [-0.2, 0) is 0 Å². The largest absolute Gasteiger partial charge is 0.490 e. The van der Waals surface area contributed by atoms with Crippen LogP contribution >= 0.6 is 0 Å². The van der Waals surface area contributed by atoms with Crippen molar-refractivity contribution >= 4 is 10.8 Å². The molecule has 4 rings (SSSR count). The molecule has 1 saturated heterocycles. The maximum Gasteiger partial charge on any atom is 0.127 e. The Morgan fingerprint density at radius 3 is 2.67 bits per heavy atom. The lowest BCUT2D eigenvalue weighted by Crippen LogP contribution is -2.38. The van der Waals surface area contributed by atoms with Gasteiger partial charge in [0, 0.05) is 43.2 Å². The fraction of sp³-hybridized carbons (Fsp3) is 0.400. The van der Waals surface area contributed by atoms with Crippen molar-refractivity contribution in [2.45, 2.75) is 19.4 Å². The molecule has 3 aromatic rings. The summed E-state index contributed by atoms with van der Waals surface area (Å²) in [5.41, 5.74) is 2.05. The van der Waals surface area contributed by atoms with E-state index in [0.29, 0.717) is 6.54 Å². The Labute approximate surface area is 178 Å². The number of β-amino-alcohol motifs (C(OH)–C–C–N with tert-alkyl or cyclic N) is 1. The van der Waals surface area contributed by atoms with Gasteiger partial charge in [-0.3, -0.25) is 9.88 Å². The topological polar surface area (TPSA) is 48.8 Å². The summed E-state index contributed by atoms with van der Waals surface area (Å²) in [5.74, 6) is 0.786. The first-order chi connectivity index (χ1) is 14.7. The van der Waals surface area contributed by atoms with Crippen LogP contribution in [-0.4, -0.2) is 71.9 Å². The summed E-state index contributed by atoms with van der Waals surface area (Å²) >= 11 is 0. The molecule has 0 radical (unpaired) electrons. The standard InChI is InChI=1S/C25H31N3O2/c1-2-27-13-6-14-28(16-15-27)18-22(29)19-30-24-11-10-20-7-3-4-9-23(20)25(24)21-8-5-12-26-17-21/h3-5,7-12,17,22,29H,2,6,13-16,18-19H2,1H3. The normalized spacial score (nSPS) is 17.0. The van der Waals surface area contributed by atoms with Crippen LogP contribution < -0.4 is 4.74 Å². The van der Waals surface area contributed by atoms with E-state index < -0.39 is 6.10 Å². The minimum Gasteiger partial charge on any atom is -0.490 e. The van der Waals surface area contributed by atoms with Crippen LogP contribution in [0.5, 0.6) is 5.75 Å². The van der Waals surface area contributed by atoms with Crippen LogP contribution in [0.1, 0.15) is 13.3 Å². The fourth-order valence-electron chi connectivity index (χ4n) is 4.24. The van der Waals surface area contributed by atoms with Crippen molar-refractivity contribution in [3.63, 3.8) is 0 Å². The Morgan fingerprint density at radius 1 is 1.00 bits per heavy atom. The molecule has 5 nitrogen and oxygen atoms in total. The fourth-order valence-corrected chi connectivity index (χ4v) is 4.24. The number of benzene rings is 2. The molecule has 0 amide bonds. The van der Waals surface area contributed by atoms with E-state index in [-0.39, 0.29) is 6.61 Å². The van der Waals surface area contributed by atoms with E-state index in [9.17, 15) is 5.11 Å². The van der Waals surface area contributed by atoms with E-state index >= 15 is 0 Å². The van der Waals surface area contributed by atoms with Crippen LogP contribution in [0.3, 0.4) is 0 Å². The van der Waals surface area contributed by atoms with Crippen molar-refractivity contribution in [3.05, 3.63) is 60.9 Å². The average molecular weight is 406 g/mol. The molecule has 30 heavy (non-hydrogen) atoms. The van der Waals surface area contributed by atoms with E-state index in [4.69, 9.17) is 4.74 Å². The van der Waals surface area contributed by atoms with Crippen LogP contribution in [0.25, 0.3) is 21.9 Å². The van der Waals surface area contributed by atoms with Gasteiger partial charge < -0.3 is 14.7 Å². The van der Waals surface area contributed by atoms with E-state index in [2.05, 4.69) is 46.0 Å². The van der Waals surface area contributed by atoms with Crippen molar-refractivity contribution < 1.29 is 9.84 Å². The summed E-state index contributed by atoms with van der Waals surface area (Å²) in [4.78, 5) is 9.11. The highest BCUT2D eigenvalue weighted by Gasteiger charge is 2.18. The van der Waals surface area contributed by atoms with Crippen LogP contribution in [0.2, 0.25) is 0 Å². The lowest BCUT2D eigenvalue weighted by molar-refractivity contribution is 0.0697. The number of aliphatic hydroxyl groups excluding tert-OH is 1. The van der Waals surface area contributed by atoms with E-state index in [1.54, 1.807) is 6.20 Å². The van der Waals surface area contributed by atoms with Crippen molar-refractivity contribution in [3.8, 4) is 16.9 Å². The minimum atomic E-state index is -0.522. The van der Waals surface area contributed by atoms with Gasteiger partial charge in [0.2, 0.25) is 0 Å². The Hall–Kier alpha value is -2.47. The Kier molecular flexibility index (Phi) is 6.95. The third kappa shape index (κ3) is 4.98. The molecule has 2 aromatic carbocycles. The van der Waals surface area contributed by atoms with Gasteiger partial charge in [0.05, 0.1) is 0 Å². The first-order valence-corrected chi connectivity index (χ1v) is 10.9. The van der Waals surface area contributed by atoms with Crippen molar-refractivity contribution in [1.29, 1.82) is 0 Å². The number of hydrogen-bond acceptors (Lipinski definition) is 5.